The van der Waals surface area contributed by atoms with E-state index in [0.29, 0.717) is 11.6 Å². The van der Waals surface area contributed by atoms with Crippen LogP contribution in [0.1, 0.15) is 31.7 Å². The van der Waals surface area contributed by atoms with Crippen LogP contribution in [0, 0.1) is 0 Å². The summed E-state index contributed by atoms with van der Waals surface area (Å²) in [6.07, 6.45) is 0.945. The molecule has 5 heteroatoms. The maximum atomic E-state index is 10.9. The van der Waals surface area contributed by atoms with E-state index in [4.69, 9.17) is 10.7 Å². The maximum Gasteiger partial charge on any atom is 0.319 e. The van der Waals surface area contributed by atoms with Crippen LogP contribution in [-0.2, 0) is 9.24 Å². The second-order valence-electron chi connectivity index (χ2n) is 3.44. The largest absolute Gasteiger partial charge is 0.319 e. The SMILES string of the molecule is CCC(C)c1ccccc1NS(=O)(=O)Cl. The first kappa shape index (κ1) is 12.3. The molecule has 0 amide bonds. The van der Waals surface area contributed by atoms with Gasteiger partial charge in [0.15, 0.2) is 0 Å². The third-order valence-electron chi connectivity index (χ3n) is 2.34. The lowest BCUT2D eigenvalue weighted by molar-refractivity contribution is 0.614. The number of nitrogens with one attached hydrogen (secondary N) is 1. The van der Waals surface area contributed by atoms with Crippen LogP contribution in [0.3, 0.4) is 0 Å². The van der Waals surface area contributed by atoms with Crippen molar-refractivity contribution in [2.75, 3.05) is 4.72 Å². The summed E-state index contributed by atoms with van der Waals surface area (Å²) in [4.78, 5) is 0. The van der Waals surface area contributed by atoms with E-state index in [9.17, 15) is 8.42 Å². The summed E-state index contributed by atoms with van der Waals surface area (Å²) >= 11 is 0. The molecule has 0 saturated carbocycles. The summed E-state index contributed by atoms with van der Waals surface area (Å²) in [5, 5.41) is 0. The predicted molar refractivity (Wildman–Crippen MR) is 63.5 cm³/mol. The van der Waals surface area contributed by atoms with Crippen LogP contribution in [0.25, 0.3) is 0 Å². The molecule has 15 heavy (non-hydrogen) atoms. The molecular weight excluding hydrogens is 234 g/mol. The molecule has 0 aliphatic carbocycles. The van der Waals surface area contributed by atoms with Gasteiger partial charge in [-0.1, -0.05) is 32.0 Å². The Balaban J connectivity index is 3.07. The van der Waals surface area contributed by atoms with Gasteiger partial charge in [-0.15, -0.1) is 0 Å². The maximum absolute atomic E-state index is 10.9. The van der Waals surface area contributed by atoms with Crippen molar-refractivity contribution < 1.29 is 8.42 Å². The van der Waals surface area contributed by atoms with E-state index >= 15 is 0 Å². The van der Waals surface area contributed by atoms with Gasteiger partial charge in [-0.05, 0) is 24.0 Å². The Morgan fingerprint density at radius 1 is 1.40 bits per heavy atom. The normalized spacial score (nSPS) is 13.5. The van der Waals surface area contributed by atoms with Crippen LogP contribution in [0.2, 0.25) is 0 Å². The van der Waals surface area contributed by atoms with Crippen LogP contribution in [0.5, 0.6) is 0 Å². The molecule has 3 nitrogen and oxygen atoms in total. The van der Waals surface area contributed by atoms with Gasteiger partial charge in [0.1, 0.15) is 0 Å². The molecule has 1 N–H and O–H groups in total. The molecule has 1 atom stereocenters. The van der Waals surface area contributed by atoms with Crippen LogP contribution in [-0.4, -0.2) is 8.42 Å². The molecule has 0 aromatic heterocycles. The van der Waals surface area contributed by atoms with Crippen LogP contribution in [0.15, 0.2) is 24.3 Å². The number of hydrogen-bond acceptors (Lipinski definition) is 2. The summed E-state index contributed by atoms with van der Waals surface area (Å²) in [5.74, 6) is 0.298. The zero-order chi connectivity index (χ0) is 11.5. The number of rotatable bonds is 4. The van der Waals surface area contributed by atoms with Crippen molar-refractivity contribution >= 4 is 25.6 Å². The van der Waals surface area contributed by atoms with Crippen molar-refractivity contribution in [1.82, 2.24) is 0 Å². The highest BCUT2D eigenvalue weighted by Crippen LogP contribution is 2.27. The summed E-state index contributed by atoms with van der Waals surface area (Å²) in [6.45, 7) is 4.10. The summed E-state index contributed by atoms with van der Waals surface area (Å²) in [6, 6.07) is 7.27. The molecule has 1 unspecified atom stereocenters. The molecule has 0 fully saturated rings. The number of benzene rings is 1. The fourth-order valence-corrected chi connectivity index (χ4v) is 2.07. The van der Waals surface area contributed by atoms with Gasteiger partial charge in [0.2, 0.25) is 0 Å². The molecule has 1 aromatic carbocycles. The molecular formula is C10H14ClNO2S. The average Bonchev–Trinajstić information content (AvgIpc) is 2.15. The number of para-hydroxylation sites is 1. The van der Waals surface area contributed by atoms with Crippen LogP contribution < -0.4 is 4.72 Å². The number of hydrogen-bond donors (Lipinski definition) is 1. The molecule has 0 radical (unpaired) electrons. The summed E-state index contributed by atoms with van der Waals surface area (Å²) in [7, 11) is 1.43. The fourth-order valence-electron chi connectivity index (χ4n) is 1.37. The molecule has 0 heterocycles. The van der Waals surface area contributed by atoms with Gasteiger partial charge in [-0.2, -0.15) is 8.42 Å². The lowest BCUT2D eigenvalue weighted by Crippen LogP contribution is -2.07. The highest BCUT2D eigenvalue weighted by molar-refractivity contribution is 8.14. The second kappa shape index (κ2) is 4.86. The molecule has 1 aromatic rings. The van der Waals surface area contributed by atoms with Gasteiger partial charge in [0.25, 0.3) is 0 Å². The van der Waals surface area contributed by atoms with Gasteiger partial charge in [-0.25, -0.2) is 0 Å². The van der Waals surface area contributed by atoms with E-state index in [1.807, 2.05) is 19.1 Å². The highest BCUT2D eigenvalue weighted by Gasteiger charge is 2.12. The van der Waals surface area contributed by atoms with Crippen LogP contribution >= 0.6 is 10.7 Å². The quantitative estimate of drug-likeness (QED) is 0.831. The molecule has 0 aliphatic rings. The van der Waals surface area contributed by atoms with E-state index in [0.717, 1.165) is 12.0 Å². The Labute approximate surface area is 95.0 Å². The van der Waals surface area contributed by atoms with Gasteiger partial charge < -0.3 is 0 Å². The first-order valence-corrected chi connectivity index (χ1v) is 7.06. The standard InChI is InChI=1S/C10H14ClNO2S/c1-3-8(2)9-6-4-5-7-10(9)12-15(11,13)14/h4-8,12H,3H2,1-2H3. The first-order valence-electron chi connectivity index (χ1n) is 4.75. The van der Waals surface area contributed by atoms with E-state index in [1.165, 1.54) is 0 Å². The van der Waals surface area contributed by atoms with Gasteiger partial charge >= 0.3 is 9.24 Å². The Bertz CT molecular complexity index is 431. The summed E-state index contributed by atoms with van der Waals surface area (Å²) in [5.41, 5.74) is 1.52. The summed E-state index contributed by atoms with van der Waals surface area (Å²) < 4.78 is 24.1. The minimum atomic E-state index is -3.72. The predicted octanol–water partition coefficient (Wildman–Crippen LogP) is 3.10. The second-order valence-corrected chi connectivity index (χ2v) is 5.74. The molecule has 84 valence electrons. The number of anilines is 1. The third kappa shape index (κ3) is 3.72. The van der Waals surface area contributed by atoms with E-state index in [2.05, 4.69) is 11.6 Å². The average molecular weight is 248 g/mol. The Kier molecular flexibility index (Phi) is 3.99. The molecule has 0 bridgehead atoms. The van der Waals surface area contributed by atoms with E-state index in [-0.39, 0.29) is 0 Å². The Hall–Kier alpha value is -0.740. The number of halogens is 1. The highest BCUT2D eigenvalue weighted by atomic mass is 35.7. The topological polar surface area (TPSA) is 46.2 Å². The van der Waals surface area contributed by atoms with Gasteiger partial charge in [0.05, 0.1) is 5.69 Å². The van der Waals surface area contributed by atoms with Crippen molar-refractivity contribution in [2.45, 2.75) is 26.2 Å². The van der Waals surface area contributed by atoms with Gasteiger partial charge in [0, 0.05) is 10.7 Å². The van der Waals surface area contributed by atoms with Crippen LogP contribution in [0.4, 0.5) is 5.69 Å². The Morgan fingerprint density at radius 3 is 2.53 bits per heavy atom. The van der Waals surface area contributed by atoms with E-state index < -0.39 is 9.24 Å². The Morgan fingerprint density at radius 2 is 2.00 bits per heavy atom. The molecule has 1 rings (SSSR count). The fraction of sp³-hybridized carbons (Fsp3) is 0.400. The lowest BCUT2D eigenvalue weighted by Gasteiger charge is -2.14. The minimum Gasteiger partial charge on any atom is -0.271 e. The lowest BCUT2D eigenvalue weighted by atomic mass is 9.97. The monoisotopic (exact) mass is 247 g/mol. The molecule has 0 saturated heterocycles. The van der Waals surface area contributed by atoms with Crippen molar-refractivity contribution in [2.24, 2.45) is 0 Å². The molecule has 0 aliphatic heterocycles. The zero-order valence-corrected chi connectivity index (χ0v) is 10.3. The third-order valence-corrected chi connectivity index (χ3v) is 3.03. The smallest absolute Gasteiger partial charge is 0.271 e. The van der Waals surface area contributed by atoms with Crippen molar-refractivity contribution in [3.8, 4) is 0 Å². The zero-order valence-electron chi connectivity index (χ0n) is 8.70. The molecule has 0 spiro atoms. The van der Waals surface area contributed by atoms with E-state index in [1.54, 1.807) is 12.1 Å². The first-order chi connectivity index (χ1) is 6.94. The van der Waals surface area contributed by atoms with Gasteiger partial charge in [-0.3, -0.25) is 4.72 Å². The van der Waals surface area contributed by atoms with Crippen molar-refractivity contribution in [3.05, 3.63) is 29.8 Å². The van der Waals surface area contributed by atoms with Crippen molar-refractivity contribution in [3.63, 3.8) is 0 Å². The van der Waals surface area contributed by atoms with Crippen molar-refractivity contribution in [1.29, 1.82) is 0 Å². The minimum absolute atomic E-state index is 0.298.